The highest BCUT2D eigenvalue weighted by Crippen LogP contribution is 2.11. The largest absolute Gasteiger partial charge is 0.368 e. The highest BCUT2D eigenvalue weighted by Gasteiger charge is 2.23. The van der Waals surface area contributed by atoms with E-state index in [4.69, 9.17) is 5.73 Å². The summed E-state index contributed by atoms with van der Waals surface area (Å²) < 4.78 is 0. The Morgan fingerprint density at radius 2 is 1.94 bits per heavy atom. The second kappa shape index (κ2) is 4.66. The first-order valence-corrected chi connectivity index (χ1v) is 5.44. The first-order chi connectivity index (χ1) is 7.33. The summed E-state index contributed by atoms with van der Waals surface area (Å²) in [5.41, 5.74) is 8.32. The van der Waals surface area contributed by atoms with Crippen LogP contribution in [0.4, 0.5) is 0 Å². The van der Waals surface area contributed by atoms with Gasteiger partial charge in [-0.3, -0.25) is 10.1 Å². The second-order valence-electron chi connectivity index (χ2n) is 4.76. The quantitative estimate of drug-likeness (QED) is 0.810. The highest BCUT2D eigenvalue weighted by atomic mass is 16.1. The van der Waals surface area contributed by atoms with Gasteiger partial charge in [0.2, 0.25) is 5.91 Å². The molecule has 0 fully saturated rings. The van der Waals surface area contributed by atoms with Crippen molar-refractivity contribution in [2.75, 3.05) is 0 Å². The number of carbonyl (C=O) groups is 1. The number of amides is 1. The van der Waals surface area contributed by atoms with E-state index in [-0.39, 0.29) is 5.91 Å². The average molecular weight is 220 g/mol. The number of hydrogen-bond acceptors (Lipinski definition) is 2. The molecule has 3 heteroatoms. The minimum atomic E-state index is -0.668. The lowest BCUT2D eigenvalue weighted by Gasteiger charge is -2.22. The molecule has 1 aromatic carbocycles. The van der Waals surface area contributed by atoms with Crippen LogP contribution in [0.2, 0.25) is 0 Å². The zero-order chi connectivity index (χ0) is 12.3. The van der Waals surface area contributed by atoms with Crippen molar-refractivity contribution in [3.8, 4) is 0 Å². The first kappa shape index (κ1) is 12.7. The fraction of sp³-hybridized carbons (Fsp3) is 0.462. The number of rotatable bonds is 4. The van der Waals surface area contributed by atoms with E-state index in [1.54, 1.807) is 13.8 Å². The lowest BCUT2D eigenvalue weighted by molar-refractivity contribution is -0.123. The second-order valence-corrected chi connectivity index (χ2v) is 4.76. The van der Waals surface area contributed by atoms with Gasteiger partial charge in [0, 0.05) is 6.54 Å². The van der Waals surface area contributed by atoms with Crippen LogP contribution in [0.5, 0.6) is 0 Å². The Morgan fingerprint density at radius 1 is 1.31 bits per heavy atom. The van der Waals surface area contributed by atoms with E-state index in [0.717, 1.165) is 5.56 Å². The summed E-state index contributed by atoms with van der Waals surface area (Å²) in [7, 11) is 0. The summed E-state index contributed by atoms with van der Waals surface area (Å²) in [4.78, 5) is 11.1. The lowest BCUT2D eigenvalue weighted by Crippen LogP contribution is -2.50. The van der Waals surface area contributed by atoms with Gasteiger partial charge < -0.3 is 5.73 Å². The Balaban J connectivity index is 2.68. The number of primary amides is 1. The Bertz CT molecular complexity index is 397. The van der Waals surface area contributed by atoms with Crippen LogP contribution < -0.4 is 11.1 Å². The number of nitrogens with two attached hydrogens (primary N) is 1. The van der Waals surface area contributed by atoms with Gasteiger partial charge in [-0.2, -0.15) is 0 Å². The Hall–Kier alpha value is -1.35. The van der Waals surface area contributed by atoms with Crippen LogP contribution in [0, 0.1) is 13.8 Å². The van der Waals surface area contributed by atoms with Gasteiger partial charge in [0.25, 0.3) is 0 Å². The maximum atomic E-state index is 11.1. The van der Waals surface area contributed by atoms with Crippen molar-refractivity contribution in [1.82, 2.24) is 5.32 Å². The van der Waals surface area contributed by atoms with E-state index in [2.05, 4.69) is 37.4 Å². The fourth-order valence-electron chi connectivity index (χ4n) is 1.32. The molecule has 0 bridgehead atoms. The first-order valence-electron chi connectivity index (χ1n) is 5.44. The van der Waals surface area contributed by atoms with Crippen molar-refractivity contribution in [3.05, 3.63) is 34.9 Å². The summed E-state index contributed by atoms with van der Waals surface area (Å²) >= 11 is 0. The van der Waals surface area contributed by atoms with Gasteiger partial charge in [-0.15, -0.1) is 0 Å². The lowest BCUT2D eigenvalue weighted by atomic mass is 10.0. The van der Waals surface area contributed by atoms with Gasteiger partial charge in [0.15, 0.2) is 0 Å². The van der Waals surface area contributed by atoms with E-state index < -0.39 is 5.54 Å². The van der Waals surface area contributed by atoms with Crippen LogP contribution in [-0.4, -0.2) is 11.4 Å². The Morgan fingerprint density at radius 3 is 2.44 bits per heavy atom. The van der Waals surface area contributed by atoms with Crippen LogP contribution in [0.1, 0.15) is 30.5 Å². The molecular formula is C13H20N2O. The molecule has 16 heavy (non-hydrogen) atoms. The summed E-state index contributed by atoms with van der Waals surface area (Å²) in [5, 5.41) is 3.15. The molecule has 0 heterocycles. The van der Waals surface area contributed by atoms with Gasteiger partial charge in [-0.25, -0.2) is 0 Å². The summed E-state index contributed by atoms with van der Waals surface area (Å²) in [6.45, 7) is 8.39. The standard InChI is InChI=1S/C13H20N2O/c1-9-5-6-11(7-10(9)2)8-15-13(3,4)12(14)16/h5-7,15H,8H2,1-4H3,(H2,14,16). The van der Waals surface area contributed by atoms with Crippen molar-refractivity contribution in [2.24, 2.45) is 5.73 Å². The average Bonchev–Trinajstić information content (AvgIpc) is 2.20. The van der Waals surface area contributed by atoms with Crippen LogP contribution in [-0.2, 0) is 11.3 Å². The molecule has 1 amide bonds. The molecule has 1 rings (SSSR count). The topological polar surface area (TPSA) is 55.1 Å². The van der Waals surface area contributed by atoms with E-state index >= 15 is 0 Å². The molecule has 1 aromatic rings. The fourth-order valence-corrected chi connectivity index (χ4v) is 1.32. The minimum absolute atomic E-state index is 0.337. The monoisotopic (exact) mass is 220 g/mol. The molecule has 88 valence electrons. The van der Waals surface area contributed by atoms with Crippen molar-refractivity contribution in [3.63, 3.8) is 0 Å². The van der Waals surface area contributed by atoms with E-state index in [0.29, 0.717) is 6.54 Å². The van der Waals surface area contributed by atoms with Crippen molar-refractivity contribution in [2.45, 2.75) is 39.8 Å². The Kier molecular flexibility index (Phi) is 3.70. The number of carbonyl (C=O) groups excluding carboxylic acids is 1. The highest BCUT2D eigenvalue weighted by molar-refractivity contribution is 5.83. The molecular weight excluding hydrogens is 200 g/mol. The summed E-state index contributed by atoms with van der Waals surface area (Å²) in [6.07, 6.45) is 0. The predicted octanol–water partition coefficient (Wildman–Crippen LogP) is 1.66. The molecule has 0 spiro atoms. The molecule has 0 atom stereocenters. The summed E-state index contributed by atoms with van der Waals surface area (Å²) in [5.74, 6) is -0.337. The number of hydrogen-bond donors (Lipinski definition) is 2. The van der Waals surface area contributed by atoms with Crippen LogP contribution >= 0.6 is 0 Å². The number of nitrogens with one attached hydrogen (secondary N) is 1. The number of benzene rings is 1. The van der Waals surface area contributed by atoms with Crippen LogP contribution in [0.3, 0.4) is 0 Å². The molecule has 0 saturated heterocycles. The smallest absolute Gasteiger partial charge is 0.237 e. The van der Waals surface area contributed by atoms with Gasteiger partial charge in [-0.1, -0.05) is 18.2 Å². The molecule has 0 unspecified atom stereocenters. The molecule has 3 N–H and O–H groups in total. The maximum absolute atomic E-state index is 11.1. The minimum Gasteiger partial charge on any atom is -0.368 e. The van der Waals surface area contributed by atoms with Gasteiger partial charge in [-0.05, 0) is 44.4 Å². The van der Waals surface area contributed by atoms with Crippen LogP contribution in [0.25, 0.3) is 0 Å². The third-order valence-electron chi connectivity index (χ3n) is 2.92. The maximum Gasteiger partial charge on any atom is 0.237 e. The van der Waals surface area contributed by atoms with Gasteiger partial charge in [0.05, 0.1) is 5.54 Å². The zero-order valence-corrected chi connectivity index (χ0v) is 10.4. The summed E-state index contributed by atoms with van der Waals surface area (Å²) in [6, 6.07) is 6.27. The van der Waals surface area contributed by atoms with Gasteiger partial charge in [0.1, 0.15) is 0 Å². The third-order valence-corrected chi connectivity index (χ3v) is 2.92. The van der Waals surface area contributed by atoms with Crippen molar-refractivity contribution >= 4 is 5.91 Å². The van der Waals surface area contributed by atoms with E-state index in [1.165, 1.54) is 11.1 Å². The predicted molar refractivity (Wildman–Crippen MR) is 66.0 cm³/mol. The Labute approximate surface area is 97.0 Å². The normalized spacial score (nSPS) is 11.5. The molecule has 0 aliphatic heterocycles. The molecule has 0 aromatic heterocycles. The van der Waals surface area contributed by atoms with Crippen molar-refractivity contribution < 1.29 is 4.79 Å². The molecule has 0 radical (unpaired) electrons. The SMILES string of the molecule is Cc1ccc(CNC(C)(C)C(N)=O)cc1C. The van der Waals surface area contributed by atoms with Crippen LogP contribution in [0.15, 0.2) is 18.2 Å². The van der Waals surface area contributed by atoms with E-state index in [9.17, 15) is 4.79 Å². The molecule has 0 aliphatic carbocycles. The van der Waals surface area contributed by atoms with Gasteiger partial charge >= 0.3 is 0 Å². The molecule has 0 aliphatic rings. The number of aryl methyl sites for hydroxylation is 2. The third kappa shape index (κ3) is 3.07. The molecule has 3 nitrogen and oxygen atoms in total. The van der Waals surface area contributed by atoms with E-state index in [1.807, 2.05) is 0 Å². The molecule has 0 saturated carbocycles. The van der Waals surface area contributed by atoms with Crippen molar-refractivity contribution in [1.29, 1.82) is 0 Å². The zero-order valence-electron chi connectivity index (χ0n) is 10.4.